The first-order valence-corrected chi connectivity index (χ1v) is 11.1. The van der Waals surface area contributed by atoms with Gasteiger partial charge in [-0.3, -0.25) is 24.4 Å². The second-order valence-corrected chi connectivity index (χ2v) is 9.15. The van der Waals surface area contributed by atoms with Gasteiger partial charge in [-0.1, -0.05) is 25.8 Å². The van der Waals surface area contributed by atoms with Crippen LogP contribution in [0.4, 0.5) is 0 Å². The van der Waals surface area contributed by atoms with E-state index in [0.29, 0.717) is 30.3 Å². The summed E-state index contributed by atoms with van der Waals surface area (Å²) >= 11 is 0. The Bertz CT molecular complexity index is 1070. The summed E-state index contributed by atoms with van der Waals surface area (Å²) in [6.45, 7) is 2.66. The van der Waals surface area contributed by atoms with E-state index in [-0.39, 0.29) is 18.2 Å². The van der Waals surface area contributed by atoms with Crippen molar-refractivity contribution >= 4 is 17.7 Å². The lowest BCUT2D eigenvalue weighted by molar-refractivity contribution is -0.136. The molecule has 2 aliphatic heterocycles. The van der Waals surface area contributed by atoms with E-state index in [2.05, 4.69) is 17.3 Å². The lowest BCUT2D eigenvalue weighted by atomic mass is 9.82. The second-order valence-electron chi connectivity index (χ2n) is 9.15. The van der Waals surface area contributed by atoms with E-state index in [1.165, 1.54) is 12.8 Å². The lowest BCUT2D eigenvalue weighted by Gasteiger charge is -2.29. The van der Waals surface area contributed by atoms with Gasteiger partial charge in [-0.25, -0.2) is 4.98 Å². The maximum Gasteiger partial charge on any atom is 0.255 e. The smallest absolute Gasteiger partial charge is 0.255 e. The first-order chi connectivity index (χ1) is 14.9. The fraction of sp³-hybridized carbons (Fsp3) is 0.522. The quantitative estimate of drug-likeness (QED) is 0.768. The standard InChI is InChI=1S/C23H27N5O3/c1-13-3-5-14(6-4-13)21-25-20(26-27(21)2)15-7-8-17-16(11-15)12-28(23(17)31)18-9-10-19(29)24-22(18)30/h7-8,11,13-14,18H,3-6,9-10,12H2,1-2H3,(H,24,29,30)/t13-,14+,18?. The summed E-state index contributed by atoms with van der Waals surface area (Å²) in [5.41, 5.74) is 2.35. The maximum atomic E-state index is 12.9. The normalized spacial score (nSPS) is 26.2. The molecule has 1 saturated carbocycles. The van der Waals surface area contributed by atoms with Crippen molar-refractivity contribution in [1.82, 2.24) is 25.0 Å². The minimum atomic E-state index is -0.602. The van der Waals surface area contributed by atoms with E-state index in [4.69, 9.17) is 4.98 Å². The summed E-state index contributed by atoms with van der Waals surface area (Å²) in [7, 11) is 1.95. The van der Waals surface area contributed by atoms with E-state index < -0.39 is 11.9 Å². The van der Waals surface area contributed by atoms with Gasteiger partial charge in [0.05, 0.1) is 0 Å². The summed E-state index contributed by atoms with van der Waals surface area (Å²) in [6, 6.07) is 5.04. The zero-order chi connectivity index (χ0) is 21.7. The first-order valence-electron chi connectivity index (χ1n) is 11.1. The van der Waals surface area contributed by atoms with Crippen molar-refractivity contribution in [2.45, 2.75) is 64.0 Å². The third-order valence-corrected chi connectivity index (χ3v) is 6.96. The molecular formula is C23H27N5O3. The van der Waals surface area contributed by atoms with Crippen molar-refractivity contribution < 1.29 is 14.4 Å². The molecule has 1 N–H and O–H groups in total. The van der Waals surface area contributed by atoms with Crippen LogP contribution in [0.1, 0.15) is 73.1 Å². The molecule has 3 heterocycles. The highest BCUT2D eigenvalue weighted by atomic mass is 16.2. The molecule has 31 heavy (non-hydrogen) atoms. The molecular weight excluding hydrogens is 394 g/mol. The van der Waals surface area contributed by atoms with E-state index in [0.717, 1.165) is 35.7 Å². The summed E-state index contributed by atoms with van der Waals surface area (Å²) in [4.78, 5) is 43.0. The predicted molar refractivity (Wildman–Crippen MR) is 113 cm³/mol. The second kappa shape index (κ2) is 7.59. The van der Waals surface area contributed by atoms with Crippen LogP contribution in [0.15, 0.2) is 18.2 Å². The Labute approximate surface area is 181 Å². The average molecular weight is 422 g/mol. The van der Waals surface area contributed by atoms with Gasteiger partial charge in [0, 0.05) is 37.1 Å². The number of carbonyl (C=O) groups excluding carboxylic acids is 3. The molecule has 1 aromatic carbocycles. The number of nitrogens with one attached hydrogen (secondary N) is 1. The van der Waals surface area contributed by atoms with E-state index in [1.54, 1.807) is 11.0 Å². The molecule has 1 aliphatic carbocycles. The van der Waals surface area contributed by atoms with Gasteiger partial charge in [0.2, 0.25) is 11.8 Å². The Hall–Kier alpha value is -3.03. The molecule has 1 aromatic heterocycles. The summed E-state index contributed by atoms with van der Waals surface area (Å²) < 4.78 is 1.89. The van der Waals surface area contributed by atoms with Crippen LogP contribution in [0.2, 0.25) is 0 Å². The van der Waals surface area contributed by atoms with Crippen LogP contribution in [0.25, 0.3) is 11.4 Å². The van der Waals surface area contributed by atoms with Gasteiger partial charge >= 0.3 is 0 Å². The lowest BCUT2D eigenvalue weighted by Crippen LogP contribution is -2.52. The Balaban J connectivity index is 1.38. The van der Waals surface area contributed by atoms with Gasteiger partial charge < -0.3 is 4.90 Å². The Morgan fingerprint density at radius 1 is 1.06 bits per heavy atom. The molecule has 0 radical (unpaired) electrons. The number of carbonyl (C=O) groups is 3. The molecule has 8 nitrogen and oxygen atoms in total. The largest absolute Gasteiger partial charge is 0.322 e. The number of amides is 3. The van der Waals surface area contributed by atoms with Gasteiger partial charge in [0.15, 0.2) is 5.82 Å². The van der Waals surface area contributed by atoms with Crippen molar-refractivity contribution in [2.24, 2.45) is 13.0 Å². The van der Waals surface area contributed by atoms with Crippen molar-refractivity contribution in [3.63, 3.8) is 0 Å². The summed E-state index contributed by atoms with van der Waals surface area (Å²) in [6.07, 6.45) is 5.36. The number of nitrogens with zero attached hydrogens (tertiary/aromatic N) is 4. The number of hydrogen-bond donors (Lipinski definition) is 1. The Morgan fingerprint density at radius 3 is 2.58 bits per heavy atom. The highest BCUT2D eigenvalue weighted by Gasteiger charge is 2.39. The van der Waals surface area contributed by atoms with Crippen molar-refractivity contribution in [2.75, 3.05) is 0 Å². The number of aromatic nitrogens is 3. The molecule has 3 amide bonds. The number of fused-ring (bicyclic) bond motifs is 1. The molecule has 0 bridgehead atoms. The molecule has 2 fully saturated rings. The molecule has 1 atom stereocenters. The maximum absolute atomic E-state index is 12.9. The average Bonchev–Trinajstić information content (AvgIpc) is 3.29. The Kier molecular flexibility index (Phi) is 4.87. The van der Waals surface area contributed by atoms with Gasteiger partial charge in [-0.2, -0.15) is 5.10 Å². The van der Waals surface area contributed by atoms with Crippen molar-refractivity contribution in [1.29, 1.82) is 0 Å². The monoisotopic (exact) mass is 421 g/mol. The fourth-order valence-corrected chi connectivity index (χ4v) is 5.11. The molecule has 2 aromatic rings. The zero-order valence-electron chi connectivity index (χ0n) is 17.9. The molecule has 3 aliphatic rings. The summed E-state index contributed by atoms with van der Waals surface area (Å²) in [5, 5.41) is 6.99. The van der Waals surface area contributed by atoms with Gasteiger partial charge in [0.25, 0.3) is 5.91 Å². The number of rotatable bonds is 3. The highest BCUT2D eigenvalue weighted by molar-refractivity contribution is 6.05. The third-order valence-electron chi connectivity index (χ3n) is 6.96. The van der Waals surface area contributed by atoms with E-state index >= 15 is 0 Å². The summed E-state index contributed by atoms with van der Waals surface area (Å²) in [5.74, 6) is 2.09. The topological polar surface area (TPSA) is 97.2 Å². The molecule has 1 unspecified atom stereocenters. The van der Waals surface area contributed by atoms with Crippen LogP contribution in [0.3, 0.4) is 0 Å². The van der Waals surface area contributed by atoms with Crippen LogP contribution in [-0.4, -0.2) is 43.4 Å². The highest BCUT2D eigenvalue weighted by Crippen LogP contribution is 2.36. The van der Waals surface area contributed by atoms with Gasteiger partial charge in [-0.05, 0) is 42.9 Å². The fourth-order valence-electron chi connectivity index (χ4n) is 5.11. The van der Waals surface area contributed by atoms with Gasteiger partial charge in [0.1, 0.15) is 11.9 Å². The molecule has 8 heteroatoms. The Morgan fingerprint density at radius 2 is 1.84 bits per heavy atom. The molecule has 162 valence electrons. The van der Waals surface area contributed by atoms with Crippen LogP contribution in [0, 0.1) is 5.92 Å². The molecule has 0 spiro atoms. The van der Waals surface area contributed by atoms with Crippen molar-refractivity contribution in [3.8, 4) is 11.4 Å². The SMILES string of the molecule is Cn1nc(-c2ccc3c(c2)CN(C2CCC(=O)NC2=O)C3=O)nc1[C@H]1CC[C@@H](C)CC1. The molecule has 1 saturated heterocycles. The van der Waals surface area contributed by atoms with Crippen LogP contribution < -0.4 is 5.32 Å². The van der Waals surface area contributed by atoms with Gasteiger partial charge in [-0.15, -0.1) is 0 Å². The number of aryl methyl sites for hydroxylation is 1. The van der Waals surface area contributed by atoms with Crippen LogP contribution in [0.5, 0.6) is 0 Å². The van der Waals surface area contributed by atoms with E-state index in [1.807, 2.05) is 23.9 Å². The number of benzene rings is 1. The number of piperidine rings is 1. The van der Waals surface area contributed by atoms with E-state index in [9.17, 15) is 14.4 Å². The minimum absolute atomic E-state index is 0.165. The van der Waals surface area contributed by atoms with Crippen LogP contribution >= 0.6 is 0 Å². The molecule has 5 rings (SSSR count). The third kappa shape index (κ3) is 3.54. The minimum Gasteiger partial charge on any atom is -0.322 e. The zero-order valence-corrected chi connectivity index (χ0v) is 17.9. The predicted octanol–water partition coefficient (Wildman–Crippen LogP) is 2.54. The van der Waals surface area contributed by atoms with Crippen LogP contribution in [-0.2, 0) is 23.2 Å². The number of hydrogen-bond acceptors (Lipinski definition) is 5. The van der Waals surface area contributed by atoms with Crippen molar-refractivity contribution in [3.05, 3.63) is 35.2 Å². The first kappa shape index (κ1) is 19.9. The number of imide groups is 1.